The van der Waals surface area contributed by atoms with Crippen molar-refractivity contribution in [2.45, 2.75) is 17.7 Å². The van der Waals surface area contributed by atoms with Gasteiger partial charge in [0.05, 0.1) is 17.9 Å². The minimum Gasteiger partial charge on any atom is -0.453 e. The van der Waals surface area contributed by atoms with Crippen molar-refractivity contribution in [1.82, 2.24) is 14.1 Å². The summed E-state index contributed by atoms with van der Waals surface area (Å²) < 4.78 is 32.0. The molecule has 2 heterocycles. The average Bonchev–Trinajstić information content (AvgIpc) is 2.74. The molecule has 0 aromatic heterocycles. The van der Waals surface area contributed by atoms with Crippen LogP contribution in [-0.2, 0) is 19.6 Å². The maximum absolute atomic E-state index is 13.0. The molecule has 1 atom stereocenters. The van der Waals surface area contributed by atoms with Gasteiger partial charge in [-0.1, -0.05) is 0 Å². The molecule has 160 valence electrons. The Morgan fingerprint density at radius 2 is 1.72 bits per heavy atom. The van der Waals surface area contributed by atoms with E-state index in [1.165, 1.54) is 35.7 Å². The van der Waals surface area contributed by atoms with Crippen LogP contribution in [0.3, 0.4) is 0 Å². The molecule has 2 aliphatic rings. The molecule has 0 saturated carbocycles. The quantitative estimate of drug-likeness (QED) is 0.775. The van der Waals surface area contributed by atoms with E-state index in [1.54, 1.807) is 0 Å². The van der Waals surface area contributed by atoms with Crippen LogP contribution in [0.25, 0.3) is 0 Å². The first-order valence-corrected chi connectivity index (χ1v) is 11.2. The normalized spacial score (nSPS) is 21.6. The summed E-state index contributed by atoms with van der Waals surface area (Å²) in [7, 11) is -0.424. The van der Waals surface area contributed by atoms with E-state index in [9.17, 15) is 18.0 Å². The number of nitrogens with zero attached hydrogens (tertiary/aromatic N) is 3. The SMILES string of the molecule is COC(=O)Nc1ccc(S(=O)(=O)N2CCC[C@@H](C(=O)N3CCN(C)CC3)C2)cc1. The van der Waals surface area contributed by atoms with Crippen LogP contribution in [-0.4, -0.2) is 87.9 Å². The van der Waals surface area contributed by atoms with Crippen molar-refractivity contribution in [3.63, 3.8) is 0 Å². The van der Waals surface area contributed by atoms with Gasteiger partial charge in [-0.15, -0.1) is 0 Å². The number of piperazine rings is 1. The summed E-state index contributed by atoms with van der Waals surface area (Å²) in [6.07, 6.45) is 0.742. The summed E-state index contributed by atoms with van der Waals surface area (Å²) in [5, 5.41) is 2.49. The van der Waals surface area contributed by atoms with Gasteiger partial charge in [0.25, 0.3) is 0 Å². The van der Waals surface area contributed by atoms with Crippen molar-refractivity contribution in [3.8, 4) is 0 Å². The lowest BCUT2D eigenvalue weighted by molar-refractivity contribution is -0.138. The molecule has 0 unspecified atom stereocenters. The lowest BCUT2D eigenvalue weighted by atomic mass is 9.98. The summed E-state index contributed by atoms with van der Waals surface area (Å²) >= 11 is 0. The molecule has 0 bridgehead atoms. The van der Waals surface area contributed by atoms with Crippen molar-refractivity contribution in [3.05, 3.63) is 24.3 Å². The molecular weight excluding hydrogens is 396 g/mol. The predicted octanol–water partition coefficient (Wildman–Crippen LogP) is 1.04. The number of hydrogen-bond acceptors (Lipinski definition) is 6. The van der Waals surface area contributed by atoms with Gasteiger partial charge in [0, 0.05) is 45.0 Å². The maximum Gasteiger partial charge on any atom is 0.411 e. The van der Waals surface area contributed by atoms with Crippen LogP contribution in [0, 0.1) is 5.92 Å². The average molecular weight is 425 g/mol. The molecule has 2 amide bonds. The van der Waals surface area contributed by atoms with Gasteiger partial charge in [-0.05, 0) is 44.2 Å². The van der Waals surface area contributed by atoms with Crippen molar-refractivity contribution < 1.29 is 22.7 Å². The van der Waals surface area contributed by atoms with Gasteiger partial charge < -0.3 is 14.5 Å². The molecular formula is C19H28N4O5S. The third-order valence-electron chi connectivity index (χ3n) is 5.47. The number of rotatable bonds is 4. The van der Waals surface area contributed by atoms with Crippen molar-refractivity contribution in [2.75, 3.05) is 58.7 Å². The zero-order valence-corrected chi connectivity index (χ0v) is 17.7. The van der Waals surface area contributed by atoms with Gasteiger partial charge in [-0.25, -0.2) is 13.2 Å². The molecule has 9 nitrogen and oxygen atoms in total. The molecule has 1 aromatic carbocycles. The van der Waals surface area contributed by atoms with Crippen LogP contribution < -0.4 is 5.32 Å². The number of piperidine rings is 1. The third kappa shape index (κ3) is 5.06. The van der Waals surface area contributed by atoms with E-state index in [0.29, 0.717) is 38.2 Å². The topological polar surface area (TPSA) is 99.3 Å². The van der Waals surface area contributed by atoms with E-state index in [4.69, 9.17) is 0 Å². The Balaban J connectivity index is 1.67. The van der Waals surface area contributed by atoms with Crippen molar-refractivity contribution in [1.29, 1.82) is 0 Å². The monoisotopic (exact) mass is 424 g/mol. The Labute approximate surface area is 171 Å². The zero-order chi connectivity index (χ0) is 21.0. The Hall–Kier alpha value is -2.17. The number of methoxy groups -OCH3 is 1. The molecule has 1 aromatic rings. The van der Waals surface area contributed by atoms with E-state index in [0.717, 1.165) is 13.1 Å². The molecule has 2 fully saturated rings. The molecule has 1 N–H and O–H groups in total. The van der Waals surface area contributed by atoms with Crippen LogP contribution in [0.2, 0.25) is 0 Å². The first-order chi connectivity index (χ1) is 13.8. The van der Waals surface area contributed by atoms with E-state index in [2.05, 4.69) is 15.0 Å². The number of nitrogens with one attached hydrogen (secondary N) is 1. The largest absolute Gasteiger partial charge is 0.453 e. The zero-order valence-electron chi connectivity index (χ0n) is 16.8. The third-order valence-corrected chi connectivity index (χ3v) is 7.35. The fourth-order valence-corrected chi connectivity index (χ4v) is 5.20. The summed E-state index contributed by atoms with van der Waals surface area (Å²) in [4.78, 5) is 28.3. The second-order valence-electron chi connectivity index (χ2n) is 7.47. The van der Waals surface area contributed by atoms with Crippen LogP contribution in [0.1, 0.15) is 12.8 Å². The maximum atomic E-state index is 13.0. The second-order valence-corrected chi connectivity index (χ2v) is 9.41. The first kappa shape index (κ1) is 21.5. The number of anilines is 1. The molecule has 0 aliphatic carbocycles. The van der Waals surface area contributed by atoms with Crippen LogP contribution in [0.15, 0.2) is 29.2 Å². The number of carbonyl (C=O) groups is 2. The molecule has 29 heavy (non-hydrogen) atoms. The number of benzene rings is 1. The molecule has 2 aliphatic heterocycles. The predicted molar refractivity (Wildman–Crippen MR) is 108 cm³/mol. The van der Waals surface area contributed by atoms with Gasteiger partial charge in [0.2, 0.25) is 15.9 Å². The highest BCUT2D eigenvalue weighted by atomic mass is 32.2. The number of sulfonamides is 1. The van der Waals surface area contributed by atoms with Crippen molar-refractivity contribution >= 4 is 27.7 Å². The highest BCUT2D eigenvalue weighted by Gasteiger charge is 2.35. The van der Waals surface area contributed by atoms with Gasteiger partial charge in [0.1, 0.15) is 0 Å². The fourth-order valence-electron chi connectivity index (χ4n) is 3.68. The number of hydrogen-bond donors (Lipinski definition) is 1. The standard InChI is InChI=1S/C19H28N4O5S/c1-21-10-12-22(13-11-21)18(24)15-4-3-9-23(14-15)29(26,27)17-7-5-16(6-8-17)20-19(25)28-2/h5-8,15H,3-4,9-14H2,1-2H3,(H,20,25)/t15-/m1/s1. The Kier molecular flexibility index (Phi) is 6.76. The Bertz CT molecular complexity index is 835. The van der Waals surface area contributed by atoms with Gasteiger partial charge in [-0.2, -0.15) is 4.31 Å². The number of ether oxygens (including phenoxy) is 1. The minimum absolute atomic E-state index is 0.0515. The molecule has 10 heteroatoms. The molecule has 3 rings (SSSR count). The summed E-state index contributed by atoms with van der Waals surface area (Å²) in [5.74, 6) is -0.252. The van der Waals surface area contributed by atoms with E-state index in [-0.39, 0.29) is 23.3 Å². The van der Waals surface area contributed by atoms with Crippen LogP contribution in [0.5, 0.6) is 0 Å². The number of likely N-dealkylation sites (N-methyl/N-ethyl adjacent to an activating group) is 1. The highest BCUT2D eigenvalue weighted by molar-refractivity contribution is 7.89. The smallest absolute Gasteiger partial charge is 0.411 e. The fraction of sp³-hybridized carbons (Fsp3) is 0.579. The Morgan fingerprint density at radius 3 is 2.34 bits per heavy atom. The van der Waals surface area contributed by atoms with Gasteiger partial charge >= 0.3 is 6.09 Å². The minimum atomic E-state index is -3.71. The van der Waals surface area contributed by atoms with Crippen LogP contribution in [0.4, 0.5) is 10.5 Å². The summed E-state index contributed by atoms with van der Waals surface area (Å²) in [5.41, 5.74) is 0.442. The van der Waals surface area contributed by atoms with E-state index in [1.807, 2.05) is 11.9 Å². The van der Waals surface area contributed by atoms with Crippen LogP contribution >= 0.6 is 0 Å². The van der Waals surface area contributed by atoms with Gasteiger partial charge in [-0.3, -0.25) is 10.1 Å². The number of carbonyl (C=O) groups excluding carboxylic acids is 2. The summed E-state index contributed by atoms with van der Waals surface area (Å²) in [6.45, 7) is 3.66. The number of amides is 2. The van der Waals surface area contributed by atoms with E-state index < -0.39 is 16.1 Å². The lowest BCUT2D eigenvalue weighted by Gasteiger charge is -2.37. The Morgan fingerprint density at radius 1 is 1.07 bits per heavy atom. The molecule has 0 radical (unpaired) electrons. The molecule has 2 saturated heterocycles. The molecule has 0 spiro atoms. The lowest BCUT2D eigenvalue weighted by Crippen LogP contribution is -2.52. The summed E-state index contributed by atoms with van der Waals surface area (Å²) in [6, 6.07) is 5.93. The highest BCUT2D eigenvalue weighted by Crippen LogP contribution is 2.26. The van der Waals surface area contributed by atoms with Gasteiger partial charge in [0.15, 0.2) is 0 Å². The van der Waals surface area contributed by atoms with Crippen molar-refractivity contribution in [2.24, 2.45) is 5.92 Å². The van der Waals surface area contributed by atoms with E-state index >= 15 is 0 Å². The first-order valence-electron chi connectivity index (χ1n) is 9.74. The second kappa shape index (κ2) is 9.10.